The number of nitrogens with zero attached hydrogens (tertiary/aromatic N) is 1. The molecule has 0 aromatic heterocycles. The molecule has 1 aliphatic carbocycles. The number of carbonyl (C=O) groups excluding carboxylic acids is 1. The Labute approximate surface area is 115 Å². The van der Waals surface area contributed by atoms with E-state index >= 15 is 0 Å². The number of benzene rings is 1. The minimum absolute atomic E-state index is 0.0794. The predicted molar refractivity (Wildman–Crippen MR) is 69.9 cm³/mol. The molecule has 0 radical (unpaired) electrons. The van der Waals surface area contributed by atoms with Crippen molar-refractivity contribution < 1.29 is 18.8 Å². The summed E-state index contributed by atoms with van der Waals surface area (Å²) >= 11 is 0. The number of non-ortho nitro benzene ring substituents is 1. The zero-order valence-electron chi connectivity index (χ0n) is 10.8. The normalized spacial score (nSPS) is 15.2. The van der Waals surface area contributed by atoms with Crippen molar-refractivity contribution in [2.45, 2.75) is 31.8 Å². The van der Waals surface area contributed by atoms with Crippen LogP contribution in [0.5, 0.6) is 0 Å². The number of hydrogen-bond donors (Lipinski definition) is 1. The molecule has 0 bridgehead atoms. The van der Waals surface area contributed by atoms with E-state index in [4.69, 9.17) is 4.74 Å². The van der Waals surface area contributed by atoms with Gasteiger partial charge in [0.25, 0.3) is 5.69 Å². The van der Waals surface area contributed by atoms with Gasteiger partial charge in [0.1, 0.15) is 12.4 Å². The molecule has 6 nitrogen and oxygen atoms in total. The number of nitro benzene ring substituents is 1. The van der Waals surface area contributed by atoms with Gasteiger partial charge in [-0.15, -0.1) is 0 Å². The maximum absolute atomic E-state index is 13.5. The van der Waals surface area contributed by atoms with Crippen molar-refractivity contribution >= 4 is 17.3 Å². The number of hydrogen-bond acceptors (Lipinski definition) is 4. The molecule has 7 heteroatoms. The van der Waals surface area contributed by atoms with Crippen LogP contribution < -0.4 is 5.32 Å². The van der Waals surface area contributed by atoms with Crippen molar-refractivity contribution in [2.75, 3.05) is 11.9 Å². The number of ether oxygens (including phenoxy) is 1. The van der Waals surface area contributed by atoms with Gasteiger partial charge in [-0.3, -0.25) is 14.9 Å². The Bertz CT molecular complexity index is 515. The van der Waals surface area contributed by atoms with Gasteiger partial charge in [0.2, 0.25) is 5.91 Å². The minimum atomic E-state index is -0.718. The zero-order chi connectivity index (χ0) is 14.5. The Morgan fingerprint density at radius 1 is 1.45 bits per heavy atom. The Kier molecular flexibility index (Phi) is 4.62. The summed E-state index contributed by atoms with van der Waals surface area (Å²) in [5.41, 5.74) is -0.488. The standard InChI is InChI=1S/C13H15FN2O4/c14-11-6-5-9(16(18)19)7-12(11)15-13(17)8-20-10-3-1-2-4-10/h5-7,10H,1-4,8H2,(H,15,17). The smallest absolute Gasteiger partial charge is 0.271 e. The van der Waals surface area contributed by atoms with Gasteiger partial charge in [0, 0.05) is 12.1 Å². The van der Waals surface area contributed by atoms with Gasteiger partial charge >= 0.3 is 0 Å². The topological polar surface area (TPSA) is 81.5 Å². The summed E-state index contributed by atoms with van der Waals surface area (Å²) in [5, 5.41) is 12.9. The number of nitro groups is 1. The maximum atomic E-state index is 13.5. The molecule has 0 spiro atoms. The molecule has 108 valence electrons. The van der Waals surface area contributed by atoms with Crippen molar-refractivity contribution in [2.24, 2.45) is 0 Å². The highest BCUT2D eigenvalue weighted by Crippen LogP contribution is 2.22. The molecular formula is C13H15FN2O4. The Morgan fingerprint density at radius 2 is 2.15 bits per heavy atom. The lowest BCUT2D eigenvalue weighted by Gasteiger charge is -2.11. The van der Waals surface area contributed by atoms with E-state index in [0.717, 1.165) is 43.9 Å². The zero-order valence-corrected chi connectivity index (χ0v) is 10.8. The lowest BCUT2D eigenvalue weighted by Crippen LogP contribution is -2.22. The summed E-state index contributed by atoms with van der Waals surface area (Å²) in [4.78, 5) is 21.6. The molecule has 2 rings (SSSR count). The monoisotopic (exact) mass is 282 g/mol. The number of amides is 1. The van der Waals surface area contributed by atoms with E-state index in [9.17, 15) is 19.3 Å². The molecule has 0 heterocycles. The fourth-order valence-corrected chi connectivity index (χ4v) is 2.16. The first-order chi connectivity index (χ1) is 9.56. The molecular weight excluding hydrogens is 267 g/mol. The van der Waals surface area contributed by atoms with Crippen molar-refractivity contribution in [3.05, 3.63) is 34.1 Å². The fourth-order valence-electron chi connectivity index (χ4n) is 2.16. The second-order valence-electron chi connectivity index (χ2n) is 4.69. The van der Waals surface area contributed by atoms with Crippen LogP contribution in [0.25, 0.3) is 0 Å². The first-order valence-corrected chi connectivity index (χ1v) is 6.41. The first kappa shape index (κ1) is 14.4. The molecule has 1 aliphatic rings. The van der Waals surface area contributed by atoms with Crippen LogP contribution in [0.2, 0.25) is 0 Å². The van der Waals surface area contributed by atoms with Crippen molar-refractivity contribution in [1.82, 2.24) is 0 Å². The van der Waals surface area contributed by atoms with Crippen LogP contribution in [0.15, 0.2) is 18.2 Å². The number of anilines is 1. The van der Waals surface area contributed by atoms with Crippen molar-refractivity contribution in [3.63, 3.8) is 0 Å². The Balaban J connectivity index is 1.92. The fraction of sp³-hybridized carbons (Fsp3) is 0.462. The van der Waals surface area contributed by atoms with E-state index in [0.29, 0.717) is 0 Å². The van der Waals surface area contributed by atoms with Gasteiger partial charge in [0.15, 0.2) is 0 Å². The third kappa shape index (κ3) is 3.74. The van der Waals surface area contributed by atoms with Gasteiger partial charge in [-0.2, -0.15) is 0 Å². The largest absolute Gasteiger partial charge is 0.368 e. The molecule has 1 aromatic rings. The molecule has 0 saturated heterocycles. The average molecular weight is 282 g/mol. The summed E-state index contributed by atoms with van der Waals surface area (Å²) < 4.78 is 18.8. The highest BCUT2D eigenvalue weighted by molar-refractivity contribution is 5.92. The van der Waals surface area contributed by atoms with Gasteiger partial charge in [-0.25, -0.2) is 4.39 Å². The Morgan fingerprint density at radius 3 is 2.80 bits per heavy atom. The van der Waals surface area contributed by atoms with Crippen LogP contribution in [0.3, 0.4) is 0 Å². The van der Waals surface area contributed by atoms with Gasteiger partial charge < -0.3 is 10.1 Å². The number of halogens is 1. The van der Waals surface area contributed by atoms with Gasteiger partial charge in [-0.1, -0.05) is 12.8 Å². The lowest BCUT2D eigenvalue weighted by atomic mass is 10.2. The SMILES string of the molecule is O=C(COC1CCCC1)Nc1cc([N+](=O)[O-])ccc1F. The number of carbonyl (C=O) groups is 1. The number of rotatable bonds is 5. The van der Waals surface area contributed by atoms with Crippen LogP contribution >= 0.6 is 0 Å². The molecule has 1 N–H and O–H groups in total. The lowest BCUT2D eigenvalue weighted by molar-refractivity contribution is -0.384. The molecule has 0 aliphatic heterocycles. The van der Waals surface area contributed by atoms with Crippen molar-refractivity contribution in [1.29, 1.82) is 0 Å². The molecule has 1 aromatic carbocycles. The third-order valence-corrected chi connectivity index (χ3v) is 3.19. The highest BCUT2D eigenvalue weighted by atomic mass is 19.1. The first-order valence-electron chi connectivity index (χ1n) is 6.41. The second kappa shape index (κ2) is 6.42. The van der Waals surface area contributed by atoms with Gasteiger partial charge in [0.05, 0.1) is 16.7 Å². The van der Waals surface area contributed by atoms with Crippen molar-refractivity contribution in [3.8, 4) is 0 Å². The highest BCUT2D eigenvalue weighted by Gasteiger charge is 2.18. The molecule has 0 unspecified atom stereocenters. The second-order valence-corrected chi connectivity index (χ2v) is 4.69. The molecule has 1 amide bonds. The summed E-state index contributed by atoms with van der Waals surface area (Å²) in [6.45, 7) is -0.174. The third-order valence-electron chi connectivity index (χ3n) is 3.19. The molecule has 1 fully saturated rings. The Hall–Kier alpha value is -2.02. The average Bonchev–Trinajstić information content (AvgIpc) is 2.92. The number of nitrogens with one attached hydrogen (secondary N) is 1. The van der Waals surface area contributed by atoms with E-state index in [-0.39, 0.29) is 24.1 Å². The van der Waals surface area contributed by atoms with Crippen LogP contribution in [0.4, 0.5) is 15.8 Å². The van der Waals surface area contributed by atoms with Crippen LogP contribution in [-0.4, -0.2) is 23.5 Å². The van der Waals surface area contributed by atoms with E-state index in [1.807, 2.05) is 0 Å². The van der Waals surface area contributed by atoms with E-state index in [1.54, 1.807) is 0 Å². The van der Waals surface area contributed by atoms with Crippen LogP contribution in [-0.2, 0) is 9.53 Å². The molecule has 20 heavy (non-hydrogen) atoms. The van der Waals surface area contributed by atoms with Crippen LogP contribution in [0.1, 0.15) is 25.7 Å². The molecule has 0 atom stereocenters. The van der Waals surface area contributed by atoms with E-state index in [1.165, 1.54) is 0 Å². The van der Waals surface area contributed by atoms with Crippen LogP contribution in [0, 0.1) is 15.9 Å². The summed E-state index contributed by atoms with van der Waals surface area (Å²) in [6, 6.07) is 2.98. The molecule has 1 saturated carbocycles. The quantitative estimate of drug-likeness (QED) is 0.665. The maximum Gasteiger partial charge on any atom is 0.271 e. The van der Waals surface area contributed by atoms with Gasteiger partial charge in [-0.05, 0) is 18.9 Å². The van der Waals surface area contributed by atoms with E-state index < -0.39 is 16.6 Å². The summed E-state index contributed by atoms with van der Waals surface area (Å²) in [5.74, 6) is -1.24. The minimum Gasteiger partial charge on any atom is -0.368 e. The predicted octanol–water partition coefficient (Wildman–Crippen LogP) is 2.63. The summed E-state index contributed by atoms with van der Waals surface area (Å²) in [6.07, 6.45) is 4.12. The summed E-state index contributed by atoms with van der Waals surface area (Å²) in [7, 11) is 0. The van der Waals surface area contributed by atoms with E-state index in [2.05, 4.69) is 5.32 Å².